The number of rotatable bonds is 2. The number of hydrogen-bond acceptors (Lipinski definition) is 2. The fourth-order valence-electron chi connectivity index (χ4n) is 1.40. The molecule has 1 N–H and O–H groups in total. The third-order valence-corrected chi connectivity index (χ3v) is 1.81. The molecule has 0 bridgehead atoms. The molecule has 1 rings (SSSR count). The second kappa shape index (κ2) is 6.82. The van der Waals surface area contributed by atoms with Crippen LogP contribution < -0.4 is 5.32 Å². The first-order chi connectivity index (χ1) is 5.08. The lowest BCUT2D eigenvalue weighted by Gasteiger charge is -2.30. The molecular formula is C8H19Cl2FN2. The van der Waals surface area contributed by atoms with E-state index in [0.717, 1.165) is 26.2 Å². The van der Waals surface area contributed by atoms with Crippen LogP contribution in [0.2, 0.25) is 0 Å². The quantitative estimate of drug-likeness (QED) is 0.777. The Bertz CT molecular complexity index is 122. The Hall–Kier alpha value is 0.430. The fourth-order valence-corrected chi connectivity index (χ4v) is 1.40. The predicted octanol–water partition coefficient (Wildman–Crippen LogP) is 1.48. The number of halogens is 3. The topological polar surface area (TPSA) is 15.3 Å². The second-order valence-corrected chi connectivity index (χ2v) is 3.74. The summed E-state index contributed by atoms with van der Waals surface area (Å²) in [6.07, 6.45) is 0. The fraction of sp³-hybridized carbons (Fsp3) is 1.00. The Morgan fingerprint density at radius 2 is 1.69 bits per heavy atom. The third kappa shape index (κ3) is 7.50. The normalized spacial score (nSPS) is 18.7. The van der Waals surface area contributed by atoms with Crippen LogP contribution in [-0.2, 0) is 0 Å². The maximum Gasteiger partial charge on any atom is 0.118 e. The van der Waals surface area contributed by atoms with Crippen LogP contribution >= 0.6 is 24.8 Å². The van der Waals surface area contributed by atoms with E-state index in [4.69, 9.17) is 0 Å². The van der Waals surface area contributed by atoms with E-state index in [1.165, 1.54) is 0 Å². The molecule has 0 radical (unpaired) electrons. The van der Waals surface area contributed by atoms with E-state index >= 15 is 0 Å². The molecule has 0 aromatic carbocycles. The molecule has 2 nitrogen and oxygen atoms in total. The van der Waals surface area contributed by atoms with Crippen molar-refractivity contribution in [1.82, 2.24) is 10.2 Å². The zero-order chi connectivity index (χ0) is 8.32. The van der Waals surface area contributed by atoms with Crippen LogP contribution in [0.5, 0.6) is 0 Å². The molecule has 0 amide bonds. The van der Waals surface area contributed by atoms with E-state index in [1.807, 2.05) is 0 Å². The molecule has 0 spiro atoms. The van der Waals surface area contributed by atoms with Gasteiger partial charge in [-0.1, -0.05) is 0 Å². The molecule has 1 heterocycles. The van der Waals surface area contributed by atoms with Crippen LogP contribution in [0.3, 0.4) is 0 Å². The second-order valence-electron chi connectivity index (χ2n) is 3.74. The molecule has 1 saturated heterocycles. The Morgan fingerprint density at radius 3 is 2.08 bits per heavy atom. The van der Waals surface area contributed by atoms with Gasteiger partial charge in [-0.25, -0.2) is 4.39 Å². The van der Waals surface area contributed by atoms with E-state index in [2.05, 4.69) is 10.2 Å². The van der Waals surface area contributed by atoms with Crippen molar-refractivity contribution in [1.29, 1.82) is 0 Å². The standard InChI is InChI=1S/C8H17FN2.2ClH/c1-8(2,9)7-11-5-3-10-4-6-11;;/h10H,3-7H2,1-2H3;2*1H. The molecule has 0 saturated carbocycles. The van der Waals surface area contributed by atoms with E-state index in [1.54, 1.807) is 13.8 Å². The highest BCUT2D eigenvalue weighted by molar-refractivity contribution is 5.85. The first kappa shape index (κ1) is 15.9. The van der Waals surface area contributed by atoms with Crippen LogP contribution in [0.15, 0.2) is 0 Å². The summed E-state index contributed by atoms with van der Waals surface area (Å²) in [5.41, 5.74) is -1.04. The van der Waals surface area contributed by atoms with Gasteiger partial charge in [0.2, 0.25) is 0 Å². The average Bonchev–Trinajstić information content (AvgIpc) is 1.85. The van der Waals surface area contributed by atoms with Gasteiger partial charge in [-0.05, 0) is 13.8 Å². The highest BCUT2D eigenvalue weighted by atomic mass is 35.5. The van der Waals surface area contributed by atoms with Crippen LogP contribution in [0, 0.1) is 0 Å². The maximum atomic E-state index is 13.1. The van der Waals surface area contributed by atoms with Gasteiger partial charge in [-0.2, -0.15) is 0 Å². The first-order valence-corrected chi connectivity index (χ1v) is 4.20. The molecule has 0 unspecified atom stereocenters. The molecule has 0 atom stereocenters. The number of hydrogen-bond donors (Lipinski definition) is 1. The van der Waals surface area contributed by atoms with Crippen molar-refractivity contribution in [2.45, 2.75) is 19.5 Å². The lowest BCUT2D eigenvalue weighted by Crippen LogP contribution is -2.47. The molecule has 82 valence electrons. The first-order valence-electron chi connectivity index (χ1n) is 4.20. The highest BCUT2D eigenvalue weighted by Crippen LogP contribution is 2.10. The van der Waals surface area contributed by atoms with Gasteiger partial charge in [0.05, 0.1) is 0 Å². The lowest BCUT2D eigenvalue weighted by atomic mass is 10.1. The third-order valence-electron chi connectivity index (χ3n) is 1.81. The molecular weight excluding hydrogens is 214 g/mol. The van der Waals surface area contributed by atoms with Gasteiger partial charge >= 0.3 is 0 Å². The molecule has 0 aliphatic carbocycles. The average molecular weight is 233 g/mol. The maximum absolute atomic E-state index is 13.1. The Balaban J connectivity index is 0. The molecule has 1 aliphatic rings. The molecule has 0 aromatic rings. The summed E-state index contributed by atoms with van der Waals surface area (Å²) >= 11 is 0. The summed E-state index contributed by atoms with van der Waals surface area (Å²) in [5, 5.41) is 3.24. The minimum absolute atomic E-state index is 0. The van der Waals surface area contributed by atoms with Gasteiger partial charge in [0, 0.05) is 32.7 Å². The van der Waals surface area contributed by atoms with Gasteiger partial charge < -0.3 is 5.32 Å². The largest absolute Gasteiger partial charge is 0.314 e. The zero-order valence-electron chi connectivity index (χ0n) is 8.18. The zero-order valence-corrected chi connectivity index (χ0v) is 9.81. The Kier molecular flexibility index (Phi) is 8.33. The summed E-state index contributed by atoms with van der Waals surface area (Å²) in [4.78, 5) is 2.16. The van der Waals surface area contributed by atoms with Crippen molar-refractivity contribution in [3.8, 4) is 0 Å². The molecule has 13 heavy (non-hydrogen) atoms. The highest BCUT2D eigenvalue weighted by Gasteiger charge is 2.21. The number of nitrogens with one attached hydrogen (secondary N) is 1. The molecule has 1 fully saturated rings. The molecule has 5 heteroatoms. The van der Waals surface area contributed by atoms with Gasteiger partial charge in [0.15, 0.2) is 0 Å². The van der Waals surface area contributed by atoms with Crippen molar-refractivity contribution in [2.24, 2.45) is 0 Å². The monoisotopic (exact) mass is 232 g/mol. The van der Waals surface area contributed by atoms with Crippen LogP contribution in [0.25, 0.3) is 0 Å². The summed E-state index contributed by atoms with van der Waals surface area (Å²) in [7, 11) is 0. The van der Waals surface area contributed by atoms with E-state index in [-0.39, 0.29) is 24.8 Å². The van der Waals surface area contributed by atoms with Crippen molar-refractivity contribution < 1.29 is 4.39 Å². The predicted molar refractivity (Wildman–Crippen MR) is 59.0 cm³/mol. The van der Waals surface area contributed by atoms with E-state index in [9.17, 15) is 4.39 Å². The van der Waals surface area contributed by atoms with Crippen molar-refractivity contribution in [3.05, 3.63) is 0 Å². The van der Waals surface area contributed by atoms with Crippen molar-refractivity contribution in [2.75, 3.05) is 32.7 Å². The van der Waals surface area contributed by atoms with Crippen LogP contribution in [-0.4, -0.2) is 43.3 Å². The van der Waals surface area contributed by atoms with Crippen LogP contribution in [0.4, 0.5) is 4.39 Å². The van der Waals surface area contributed by atoms with Gasteiger partial charge in [-0.3, -0.25) is 4.90 Å². The van der Waals surface area contributed by atoms with Gasteiger partial charge in [0.1, 0.15) is 5.67 Å². The minimum atomic E-state index is -1.04. The van der Waals surface area contributed by atoms with E-state index < -0.39 is 5.67 Å². The summed E-state index contributed by atoms with van der Waals surface area (Å²) in [5.74, 6) is 0. The summed E-state index contributed by atoms with van der Waals surface area (Å²) in [6.45, 7) is 7.78. The van der Waals surface area contributed by atoms with Crippen molar-refractivity contribution >= 4 is 24.8 Å². The lowest BCUT2D eigenvalue weighted by molar-refractivity contribution is 0.116. The van der Waals surface area contributed by atoms with Gasteiger partial charge in [-0.15, -0.1) is 24.8 Å². The van der Waals surface area contributed by atoms with E-state index in [0.29, 0.717) is 6.54 Å². The number of alkyl halides is 1. The Labute approximate surface area is 92.1 Å². The Morgan fingerprint density at radius 1 is 1.23 bits per heavy atom. The number of piperazine rings is 1. The smallest absolute Gasteiger partial charge is 0.118 e. The van der Waals surface area contributed by atoms with Crippen LogP contribution in [0.1, 0.15) is 13.8 Å². The summed E-state index contributed by atoms with van der Waals surface area (Å²) < 4.78 is 13.1. The van der Waals surface area contributed by atoms with Gasteiger partial charge in [0.25, 0.3) is 0 Å². The number of nitrogens with zero attached hydrogens (tertiary/aromatic N) is 1. The molecule has 0 aromatic heterocycles. The van der Waals surface area contributed by atoms with Crippen molar-refractivity contribution in [3.63, 3.8) is 0 Å². The molecule has 1 aliphatic heterocycles. The summed E-state index contributed by atoms with van der Waals surface area (Å²) in [6, 6.07) is 0. The SMILES string of the molecule is CC(C)(F)CN1CCNCC1.Cl.Cl. The minimum Gasteiger partial charge on any atom is -0.314 e.